The van der Waals surface area contributed by atoms with E-state index >= 15 is 0 Å². The Balaban J connectivity index is 1.69. The maximum absolute atomic E-state index is 12.2. The fraction of sp³-hybridized carbons (Fsp3) is 0.353. The van der Waals surface area contributed by atoms with Crippen LogP contribution < -0.4 is 10.2 Å². The molecule has 0 radical (unpaired) electrons. The number of thiophene rings is 1. The van der Waals surface area contributed by atoms with E-state index in [0.29, 0.717) is 6.42 Å². The molecule has 1 saturated heterocycles. The first-order valence-electron chi connectivity index (χ1n) is 7.56. The molecule has 0 unspecified atom stereocenters. The third-order valence-electron chi connectivity index (χ3n) is 3.97. The molecular weight excluding hydrogens is 294 g/mol. The molecule has 1 aromatic heterocycles. The van der Waals surface area contributed by atoms with Crippen molar-refractivity contribution in [1.29, 1.82) is 0 Å². The lowest BCUT2D eigenvalue weighted by Gasteiger charge is -2.35. The molecule has 2 aromatic rings. The van der Waals surface area contributed by atoms with Gasteiger partial charge in [-0.1, -0.05) is 12.1 Å². The van der Waals surface area contributed by atoms with Gasteiger partial charge in [-0.25, -0.2) is 0 Å². The van der Waals surface area contributed by atoms with Crippen LogP contribution >= 0.6 is 11.3 Å². The van der Waals surface area contributed by atoms with E-state index in [-0.39, 0.29) is 5.91 Å². The number of rotatable bonds is 4. The van der Waals surface area contributed by atoms with E-state index in [0.717, 1.165) is 43.1 Å². The molecule has 1 aliphatic rings. The number of nitrogens with zero attached hydrogens (tertiary/aromatic N) is 2. The van der Waals surface area contributed by atoms with E-state index < -0.39 is 0 Å². The van der Waals surface area contributed by atoms with Gasteiger partial charge >= 0.3 is 0 Å². The van der Waals surface area contributed by atoms with Crippen LogP contribution in [0.3, 0.4) is 0 Å². The van der Waals surface area contributed by atoms with Crippen molar-refractivity contribution in [3.05, 3.63) is 46.7 Å². The predicted octanol–water partition coefficient (Wildman–Crippen LogP) is 2.68. The van der Waals surface area contributed by atoms with Gasteiger partial charge in [0.1, 0.15) is 0 Å². The van der Waals surface area contributed by atoms with Crippen molar-refractivity contribution in [3.8, 4) is 0 Å². The van der Waals surface area contributed by atoms with Crippen molar-refractivity contribution in [1.82, 2.24) is 4.90 Å². The zero-order valence-electron chi connectivity index (χ0n) is 12.8. The van der Waals surface area contributed by atoms with Crippen LogP contribution in [-0.2, 0) is 11.2 Å². The van der Waals surface area contributed by atoms with E-state index in [9.17, 15) is 4.79 Å². The minimum atomic E-state index is 0.0416. The molecule has 1 fully saturated rings. The lowest BCUT2D eigenvalue weighted by atomic mass is 10.2. The van der Waals surface area contributed by atoms with E-state index in [1.165, 1.54) is 0 Å². The molecule has 0 saturated carbocycles. The number of para-hydroxylation sites is 2. The second kappa shape index (κ2) is 6.94. The molecule has 4 nitrogen and oxygen atoms in total. The van der Waals surface area contributed by atoms with Crippen molar-refractivity contribution in [3.63, 3.8) is 0 Å². The van der Waals surface area contributed by atoms with E-state index in [2.05, 4.69) is 28.2 Å². The minimum absolute atomic E-state index is 0.0416. The average Bonchev–Trinajstić information content (AvgIpc) is 3.01. The summed E-state index contributed by atoms with van der Waals surface area (Å²) in [5, 5.41) is 7.09. The third kappa shape index (κ3) is 3.67. The lowest BCUT2D eigenvalue weighted by molar-refractivity contribution is -0.115. The van der Waals surface area contributed by atoms with E-state index in [1.807, 2.05) is 35.0 Å². The number of benzene rings is 1. The highest BCUT2D eigenvalue weighted by molar-refractivity contribution is 7.08. The quantitative estimate of drug-likeness (QED) is 0.942. The Labute approximate surface area is 135 Å². The highest BCUT2D eigenvalue weighted by Crippen LogP contribution is 2.26. The Bertz CT molecular complexity index is 619. The van der Waals surface area contributed by atoms with Gasteiger partial charge in [-0.05, 0) is 41.6 Å². The summed E-state index contributed by atoms with van der Waals surface area (Å²) in [4.78, 5) is 16.9. The fourth-order valence-electron chi connectivity index (χ4n) is 2.68. The van der Waals surface area contributed by atoms with Gasteiger partial charge in [0.2, 0.25) is 5.91 Å². The molecule has 0 spiro atoms. The normalized spacial score (nSPS) is 15.8. The van der Waals surface area contributed by atoms with Gasteiger partial charge in [-0.2, -0.15) is 11.3 Å². The van der Waals surface area contributed by atoms with Gasteiger partial charge in [0.05, 0.1) is 17.8 Å². The van der Waals surface area contributed by atoms with Crippen LogP contribution in [0.1, 0.15) is 5.56 Å². The van der Waals surface area contributed by atoms with Crippen molar-refractivity contribution in [2.45, 2.75) is 6.42 Å². The Morgan fingerprint density at radius 1 is 1.18 bits per heavy atom. The Kier molecular flexibility index (Phi) is 4.75. The van der Waals surface area contributed by atoms with Crippen LogP contribution in [0.25, 0.3) is 0 Å². The number of piperazine rings is 1. The topological polar surface area (TPSA) is 35.6 Å². The Morgan fingerprint density at radius 3 is 2.68 bits per heavy atom. The van der Waals surface area contributed by atoms with Crippen molar-refractivity contribution in [2.75, 3.05) is 43.4 Å². The summed E-state index contributed by atoms with van der Waals surface area (Å²) in [6.45, 7) is 4.09. The van der Waals surface area contributed by atoms with Crippen LogP contribution in [-0.4, -0.2) is 44.0 Å². The molecule has 1 amide bonds. The third-order valence-corrected chi connectivity index (χ3v) is 4.70. The number of carbonyl (C=O) groups excluding carboxylic acids is 1. The number of amides is 1. The van der Waals surface area contributed by atoms with Gasteiger partial charge in [-0.3, -0.25) is 4.79 Å². The summed E-state index contributed by atoms with van der Waals surface area (Å²) in [7, 11) is 2.14. The lowest BCUT2D eigenvalue weighted by Crippen LogP contribution is -2.44. The molecule has 0 atom stereocenters. The maximum Gasteiger partial charge on any atom is 0.228 e. The van der Waals surface area contributed by atoms with Gasteiger partial charge in [0.15, 0.2) is 0 Å². The van der Waals surface area contributed by atoms with Gasteiger partial charge in [0.25, 0.3) is 0 Å². The highest BCUT2D eigenvalue weighted by atomic mass is 32.1. The summed E-state index contributed by atoms with van der Waals surface area (Å²) in [6.07, 6.45) is 0.431. The van der Waals surface area contributed by atoms with Crippen LogP contribution in [0.2, 0.25) is 0 Å². The number of likely N-dealkylation sites (N-methyl/N-ethyl adjacent to an activating group) is 1. The van der Waals surface area contributed by atoms with Crippen LogP contribution in [0.5, 0.6) is 0 Å². The monoisotopic (exact) mass is 315 g/mol. The molecular formula is C17H21N3OS. The van der Waals surface area contributed by atoms with E-state index in [1.54, 1.807) is 11.3 Å². The van der Waals surface area contributed by atoms with Crippen LogP contribution in [0.15, 0.2) is 41.1 Å². The number of hydrogen-bond donors (Lipinski definition) is 1. The maximum atomic E-state index is 12.2. The Morgan fingerprint density at radius 2 is 1.95 bits per heavy atom. The number of nitrogens with one attached hydrogen (secondary N) is 1. The van der Waals surface area contributed by atoms with Gasteiger partial charge < -0.3 is 15.1 Å². The zero-order chi connectivity index (χ0) is 15.4. The van der Waals surface area contributed by atoms with Crippen molar-refractivity contribution in [2.24, 2.45) is 0 Å². The molecule has 1 aliphatic heterocycles. The molecule has 22 heavy (non-hydrogen) atoms. The highest BCUT2D eigenvalue weighted by Gasteiger charge is 2.17. The minimum Gasteiger partial charge on any atom is -0.367 e. The summed E-state index contributed by atoms with van der Waals surface area (Å²) in [6, 6.07) is 10.1. The molecule has 1 aromatic carbocycles. The first kappa shape index (κ1) is 15.1. The summed E-state index contributed by atoms with van der Waals surface area (Å²) in [5.41, 5.74) is 3.10. The number of carbonyl (C=O) groups is 1. The fourth-order valence-corrected chi connectivity index (χ4v) is 3.34. The molecule has 1 N–H and O–H groups in total. The van der Waals surface area contributed by atoms with Crippen molar-refractivity contribution < 1.29 is 4.79 Å². The standard InChI is InChI=1S/C17H21N3OS/c1-19-7-9-20(10-8-19)16-5-3-2-4-15(16)18-17(21)12-14-6-11-22-13-14/h2-6,11,13H,7-10,12H2,1H3,(H,18,21). The smallest absolute Gasteiger partial charge is 0.228 e. The average molecular weight is 315 g/mol. The second-order valence-electron chi connectivity index (χ2n) is 5.66. The second-order valence-corrected chi connectivity index (χ2v) is 6.44. The summed E-state index contributed by atoms with van der Waals surface area (Å²) >= 11 is 1.62. The zero-order valence-corrected chi connectivity index (χ0v) is 13.6. The number of anilines is 2. The molecule has 0 aliphatic carbocycles. The molecule has 2 heterocycles. The summed E-state index contributed by atoms with van der Waals surface area (Å²) < 4.78 is 0. The summed E-state index contributed by atoms with van der Waals surface area (Å²) in [5.74, 6) is 0.0416. The predicted molar refractivity (Wildman–Crippen MR) is 92.8 cm³/mol. The van der Waals surface area contributed by atoms with Crippen LogP contribution in [0.4, 0.5) is 11.4 Å². The molecule has 0 bridgehead atoms. The van der Waals surface area contributed by atoms with Gasteiger partial charge in [0, 0.05) is 26.2 Å². The van der Waals surface area contributed by atoms with Gasteiger partial charge in [-0.15, -0.1) is 0 Å². The number of hydrogen-bond acceptors (Lipinski definition) is 4. The SMILES string of the molecule is CN1CCN(c2ccccc2NC(=O)Cc2ccsc2)CC1. The Hall–Kier alpha value is -1.85. The van der Waals surface area contributed by atoms with Crippen LogP contribution in [0, 0.1) is 0 Å². The first-order chi connectivity index (χ1) is 10.7. The molecule has 116 valence electrons. The molecule has 3 rings (SSSR count). The first-order valence-corrected chi connectivity index (χ1v) is 8.50. The van der Waals surface area contributed by atoms with Crippen molar-refractivity contribution >= 4 is 28.6 Å². The largest absolute Gasteiger partial charge is 0.367 e. The molecule has 5 heteroatoms. The van der Waals surface area contributed by atoms with E-state index in [4.69, 9.17) is 0 Å².